The lowest BCUT2D eigenvalue weighted by Crippen LogP contribution is -2.52. The van der Waals surface area contributed by atoms with E-state index in [0.717, 1.165) is 44.7 Å². The Labute approximate surface area is 270 Å². The van der Waals surface area contributed by atoms with Crippen molar-refractivity contribution >= 4 is 40.5 Å². The molecule has 0 spiro atoms. The van der Waals surface area contributed by atoms with Crippen LogP contribution in [0.15, 0.2) is 60.7 Å². The van der Waals surface area contributed by atoms with Gasteiger partial charge in [-0.1, -0.05) is 12.1 Å². The fraction of sp³-hybridized carbons (Fsp3) is 0.472. The highest BCUT2D eigenvalue weighted by Crippen LogP contribution is 2.40. The van der Waals surface area contributed by atoms with E-state index in [9.17, 15) is 14.0 Å². The van der Waals surface area contributed by atoms with E-state index < -0.39 is 6.04 Å². The molecule has 3 fully saturated rings. The van der Waals surface area contributed by atoms with Crippen molar-refractivity contribution < 1.29 is 14.0 Å². The number of pyridine rings is 1. The van der Waals surface area contributed by atoms with Crippen LogP contribution in [0.5, 0.6) is 0 Å². The van der Waals surface area contributed by atoms with Crippen molar-refractivity contribution in [3.8, 4) is 0 Å². The molecule has 2 saturated carbocycles. The molecule has 9 nitrogen and oxygen atoms in total. The van der Waals surface area contributed by atoms with E-state index in [1.165, 1.54) is 44.6 Å². The van der Waals surface area contributed by atoms with Gasteiger partial charge in [-0.2, -0.15) is 0 Å². The molecular formula is C36H44FN7O2. The van der Waals surface area contributed by atoms with Gasteiger partial charge in [0.25, 0.3) is 5.91 Å². The van der Waals surface area contributed by atoms with E-state index in [0.29, 0.717) is 40.3 Å². The van der Waals surface area contributed by atoms with E-state index in [4.69, 9.17) is 4.98 Å². The zero-order valence-electron chi connectivity index (χ0n) is 26.8. The minimum absolute atomic E-state index is 0.0816. The molecule has 0 bridgehead atoms. The SMILES string of the molecule is C[C@@H]1C(=O)N(C)c2ccc(Nc3ccccc3C(=O)N[C@H]3CC[C@H](N4CCN(CC5CC5)CC4)CC3)nc2N1c1ccc(F)cc1. The molecule has 242 valence electrons. The molecule has 1 aromatic heterocycles. The maximum Gasteiger partial charge on any atom is 0.253 e. The second-order valence-corrected chi connectivity index (χ2v) is 13.4. The van der Waals surface area contributed by atoms with E-state index in [1.807, 2.05) is 48.2 Å². The average molecular weight is 626 g/mol. The number of hydrogen-bond acceptors (Lipinski definition) is 7. The summed E-state index contributed by atoms with van der Waals surface area (Å²) in [7, 11) is 1.73. The lowest BCUT2D eigenvalue weighted by Gasteiger charge is -2.42. The van der Waals surface area contributed by atoms with Gasteiger partial charge in [0.1, 0.15) is 17.7 Å². The number of halogens is 1. The van der Waals surface area contributed by atoms with Crippen LogP contribution in [0, 0.1) is 11.7 Å². The van der Waals surface area contributed by atoms with Crippen LogP contribution in [-0.2, 0) is 4.79 Å². The molecular weight excluding hydrogens is 581 g/mol. The molecule has 1 atom stereocenters. The van der Waals surface area contributed by atoms with Crippen LogP contribution in [0.1, 0.15) is 55.8 Å². The monoisotopic (exact) mass is 625 g/mol. The van der Waals surface area contributed by atoms with Gasteiger partial charge in [0.05, 0.1) is 16.9 Å². The number of carbonyl (C=O) groups is 2. The summed E-state index contributed by atoms with van der Waals surface area (Å²) in [6.45, 7) is 7.81. The molecule has 2 N–H and O–H groups in total. The first-order valence-corrected chi connectivity index (χ1v) is 16.8. The first-order chi connectivity index (χ1) is 22.3. The smallest absolute Gasteiger partial charge is 0.253 e. The summed E-state index contributed by atoms with van der Waals surface area (Å²) < 4.78 is 13.7. The standard InChI is InChI=1S/C36H44FN7O2/c1-24-36(46)41(2)32-17-18-33(40-34(32)44(24)29-13-9-26(37)10-14-29)39-31-6-4-3-5-30(31)35(45)38-27-11-15-28(16-12-27)43-21-19-42(20-22-43)23-25-7-8-25/h3-6,9-10,13-14,17-18,24-25,27-28H,7-8,11-12,15-16,19-23H2,1-2H3,(H,38,45)(H,39,40)/t24-,27-,28-/m1/s1. The maximum atomic E-state index is 13.7. The molecule has 2 aliphatic heterocycles. The molecule has 7 rings (SSSR count). The van der Waals surface area contributed by atoms with Crippen LogP contribution in [0.4, 0.5) is 33.1 Å². The Kier molecular flexibility index (Phi) is 8.66. The Balaban J connectivity index is 1.01. The number of para-hydroxylation sites is 1. The Morgan fingerprint density at radius 1 is 0.913 bits per heavy atom. The molecule has 3 aromatic rings. The summed E-state index contributed by atoms with van der Waals surface area (Å²) >= 11 is 0. The Hall–Kier alpha value is -4.02. The van der Waals surface area contributed by atoms with Gasteiger partial charge in [0, 0.05) is 57.5 Å². The van der Waals surface area contributed by atoms with Gasteiger partial charge in [-0.05, 0) is 99.9 Å². The number of piperazine rings is 1. The zero-order valence-corrected chi connectivity index (χ0v) is 26.8. The lowest BCUT2D eigenvalue weighted by molar-refractivity contribution is -0.119. The van der Waals surface area contributed by atoms with Gasteiger partial charge < -0.3 is 25.3 Å². The summed E-state index contributed by atoms with van der Waals surface area (Å²) in [5, 5.41) is 6.67. The van der Waals surface area contributed by atoms with Crippen LogP contribution in [-0.4, -0.2) is 84.5 Å². The number of nitrogens with one attached hydrogen (secondary N) is 2. The average Bonchev–Trinajstić information content (AvgIpc) is 3.90. The van der Waals surface area contributed by atoms with Crippen molar-refractivity contribution in [1.29, 1.82) is 0 Å². The van der Waals surface area contributed by atoms with E-state index in [1.54, 1.807) is 24.1 Å². The van der Waals surface area contributed by atoms with Gasteiger partial charge in [-0.25, -0.2) is 9.37 Å². The zero-order chi connectivity index (χ0) is 31.8. The van der Waals surface area contributed by atoms with E-state index in [2.05, 4.69) is 20.4 Å². The predicted molar refractivity (Wildman–Crippen MR) is 180 cm³/mol. The number of amides is 2. The summed E-state index contributed by atoms with van der Waals surface area (Å²) in [6, 6.07) is 17.5. The molecule has 46 heavy (non-hydrogen) atoms. The number of anilines is 5. The lowest BCUT2D eigenvalue weighted by atomic mass is 9.89. The number of rotatable bonds is 8. The van der Waals surface area contributed by atoms with Crippen LogP contribution < -0.4 is 20.4 Å². The maximum absolute atomic E-state index is 13.7. The third kappa shape index (κ3) is 6.46. The second kappa shape index (κ2) is 13.0. The molecule has 3 heterocycles. The minimum Gasteiger partial charge on any atom is -0.349 e. The van der Waals surface area contributed by atoms with Crippen LogP contribution >= 0.6 is 0 Å². The number of fused-ring (bicyclic) bond motifs is 1. The van der Waals surface area contributed by atoms with Crippen molar-refractivity contribution in [2.45, 2.75) is 63.6 Å². The molecule has 10 heteroatoms. The summed E-state index contributed by atoms with van der Waals surface area (Å²) in [4.78, 5) is 40.3. The highest BCUT2D eigenvalue weighted by molar-refractivity contribution is 6.06. The predicted octanol–water partition coefficient (Wildman–Crippen LogP) is 5.54. The molecule has 2 amide bonds. The third-order valence-electron chi connectivity index (χ3n) is 10.2. The molecule has 2 aromatic carbocycles. The number of likely N-dealkylation sites (N-methyl/N-ethyl adjacent to an activating group) is 1. The Morgan fingerprint density at radius 3 is 2.35 bits per heavy atom. The van der Waals surface area contributed by atoms with Gasteiger partial charge >= 0.3 is 0 Å². The van der Waals surface area contributed by atoms with Crippen LogP contribution in [0.2, 0.25) is 0 Å². The van der Waals surface area contributed by atoms with Crippen LogP contribution in [0.25, 0.3) is 0 Å². The fourth-order valence-corrected chi connectivity index (χ4v) is 7.34. The second-order valence-electron chi connectivity index (χ2n) is 13.4. The number of carbonyl (C=O) groups excluding carboxylic acids is 2. The molecule has 0 unspecified atom stereocenters. The van der Waals surface area contributed by atoms with E-state index >= 15 is 0 Å². The molecule has 0 radical (unpaired) electrons. The Bertz CT molecular complexity index is 1560. The van der Waals surface area contributed by atoms with Crippen LogP contribution in [0.3, 0.4) is 0 Å². The number of hydrogen-bond donors (Lipinski definition) is 2. The topological polar surface area (TPSA) is 84.0 Å². The summed E-state index contributed by atoms with van der Waals surface area (Å²) in [5.74, 6) is 1.55. The minimum atomic E-state index is -0.532. The van der Waals surface area contributed by atoms with Gasteiger partial charge in [-0.15, -0.1) is 0 Å². The summed E-state index contributed by atoms with van der Waals surface area (Å²) in [5.41, 5.74) is 2.55. The van der Waals surface area contributed by atoms with Crippen molar-refractivity contribution in [2.75, 3.05) is 54.9 Å². The normalized spacial score (nSPS) is 24.1. The quantitative estimate of drug-likeness (QED) is 0.340. The van der Waals surface area contributed by atoms with Gasteiger partial charge in [0.2, 0.25) is 5.91 Å². The Morgan fingerprint density at radius 2 is 1.63 bits per heavy atom. The molecule has 2 aliphatic carbocycles. The highest BCUT2D eigenvalue weighted by atomic mass is 19.1. The van der Waals surface area contributed by atoms with Gasteiger partial charge in [-0.3, -0.25) is 14.5 Å². The number of nitrogens with zero attached hydrogens (tertiary/aromatic N) is 5. The highest BCUT2D eigenvalue weighted by Gasteiger charge is 2.36. The number of benzene rings is 2. The third-order valence-corrected chi connectivity index (χ3v) is 10.2. The molecule has 4 aliphatic rings. The molecule has 1 saturated heterocycles. The van der Waals surface area contributed by atoms with E-state index in [-0.39, 0.29) is 23.7 Å². The number of aromatic nitrogens is 1. The first-order valence-electron chi connectivity index (χ1n) is 16.8. The fourth-order valence-electron chi connectivity index (χ4n) is 7.34. The van der Waals surface area contributed by atoms with Crippen molar-refractivity contribution in [3.63, 3.8) is 0 Å². The van der Waals surface area contributed by atoms with Gasteiger partial charge in [0.15, 0.2) is 5.82 Å². The first kappa shape index (κ1) is 30.6. The largest absolute Gasteiger partial charge is 0.349 e. The van der Waals surface area contributed by atoms with Crippen molar-refractivity contribution in [2.24, 2.45) is 5.92 Å². The summed E-state index contributed by atoms with van der Waals surface area (Å²) in [6.07, 6.45) is 7.05. The van der Waals surface area contributed by atoms with Crippen molar-refractivity contribution in [1.82, 2.24) is 20.1 Å². The van der Waals surface area contributed by atoms with Crippen molar-refractivity contribution in [3.05, 3.63) is 72.0 Å².